The highest BCUT2D eigenvalue weighted by atomic mass is 79.9. The van der Waals surface area contributed by atoms with Crippen molar-refractivity contribution in [2.75, 3.05) is 18.4 Å². The van der Waals surface area contributed by atoms with E-state index in [1.807, 2.05) is 24.3 Å². The quantitative estimate of drug-likeness (QED) is 0.282. The zero-order valence-electron chi connectivity index (χ0n) is 22.3. The second-order valence-electron chi connectivity index (χ2n) is 10.6. The molecule has 0 aliphatic heterocycles. The Kier molecular flexibility index (Phi) is 10.7. The number of hydrogen-bond acceptors (Lipinski definition) is 5. The van der Waals surface area contributed by atoms with Crippen LogP contribution < -0.4 is 10.6 Å². The number of aliphatic carboxylic acids is 1. The summed E-state index contributed by atoms with van der Waals surface area (Å²) in [4.78, 5) is 39.4. The van der Waals surface area contributed by atoms with Gasteiger partial charge in [0.05, 0.1) is 0 Å². The lowest BCUT2D eigenvalue weighted by Gasteiger charge is -2.37. The van der Waals surface area contributed by atoms with Gasteiger partial charge in [0.1, 0.15) is 11.6 Å². The van der Waals surface area contributed by atoms with Gasteiger partial charge in [-0.2, -0.15) is 0 Å². The monoisotopic (exact) mass is 587 g/mol. The van der Waals surface area contributed by atoms with Crippen LogP contribution in [0.25, 0.3) is 0 Å². The molecule has 3 rings (SSSR count). The van der Waals surface area contributed by atoms with Crippen molar-refractivity contribution in [2.24, 2.45) is 0 Å². The predicted molar refractivity (Wildman–Crippen MR) is 151 cm³/mol. The molecule has 1 aliphatic rings. The van der Waals surface area contributed by atoms with Gasteiger partial charge in [-0.05, 0) is 94.8 Å². The van der Waals surface area contributed by atoms with E-state index in [4.69, 9.17) is 4.74 Å². The minimum absolute atomic E-state index is 0.0776. The molecule has 0 bridgehead atoms. The summed E-state index contributed by atoms with van der Waals surface area (Å²) < 4.78 is 6.52. The number of amides is 2. The van der Waals surface area contributed by atoms with Crippen LogP contribution in [0.5, 0.6) is 0 Å². The summed E-state index contributed by atoms with van der Waals surface area (Å²) in [7, 11) is 0. The molecule has 206 valence electrons. The number of urea groups is 1. The molecule has 0 radical (unpaired) electrons. The van der Waals surface area contributed by atoms with Crippen LogP contribution in [0.2, 0.25) is 0 Å². The molecule has 38 heavy (non-hydrogen) atoms. The van der Waals surface area contributed by atoms with Gasteiger partial charge < -0.3 is 20.5 Å². The Bertz CT molecular complexity index is 1100. The first-order valence-electron chi connectivity index (χ1n) is 13.1. The van der Waals surface area contributed by atoms with Crippen LogP contribution in [0.1, 0.15) is 70.0 Å². The molecule has 2 amide bonds. The molecule has 0 aromatic heterocycles. The van der Waals surface area contributed by atoms with Gasteiger partial charge in [0.25, 0.3) is 0 Å². The van der Waals surface area contributed by atoms with E-state index in [1.165, 1.54) is 11.1 Å². The van der Waals surface area contributed by atoms with Gasteiger partial charge in [0.15, 0.2) is 0 Å². The zero-order valence-corrected chi connectivity index (χ0v) is 23.9. The Hall–Kier alpha value is -2.91. The van der Waals surface area contributed by atoms with E-state index in [-0.39, 0.29) is 12.5 Å². The largest absolute Gasteiger partial charge is 0.481 e. The van der Waals surface area contributed by atoms with Crippen molar-refractivity contribution in [3.8, 4) is 0 Å². The lowest BCUT2D eigenvalue weighted by atomic mass is 9.86. The standard InChI is InChI=1S/C29H38BrN3O5/c1-29(2,3)38-27(36)24(32-28(37)31-22-15-13-21(30)14-16-22)17-19-33(18-7-12-26(34)35)25-11-6-9-20-8-4-5-10-23(20)25/h4-5,8,10,13-16,24-25H,6-7,9,11-12,17-19H2,1-3H3,(H,34,35)(H2,31,32,37). The number of carboxylic acids is 1. The normalized spacial score (nSPS) is 15.9. The predicted octanol–water partition coefficient (Wildman–Crippen LogP) is 5.92. The lowest BCUT2D eigenvalue weighted by Crippen LogP contribution is -2.47. The van der Waals surface area contributed by atoms with Gasteiger partial charge in [-0.25, -0.2) is 9.59 Å². The number of rotatable bonds is 11. The van der Waals surface area contributed by atoms with E-state index in [1.54, 1.807) is 32.9 Å². The number of nitrogens with zero attached hydrogens (tertiary/aromatic N) is 1. The first kappa shape index (κ1) is 29.6. The van der Waals surface area contributed by atoms with Crippen LogP contribution in [0.15, 0.2) is 53.0 Å². The second kappa shape index (κ2) is 13.8. The summed E-state index contributed by atoms with van der Waals surface area (Å²) >= 11 is 3.37. The minimum Gasteiger partial charge on any atom is -0.481 e. The SMILES string of the molecule is CC(C)(C)OC(=O)C(CCN(CCCC(=O)O)C1CCCc2ccccc21)NC(=O)Nc1ccc(Br)cc1. The van der Waals surface area contributed by atoms with E-state index >= 15 is 0 Å². The summed E-state index contributed by atoms with van der Waals surface area (Å²) in [5.74, 6) is -1.33. The van der Waals surface area contributed by atoms with Crippen molar-refractivity contribution in [2.45, 2.75) is 77.0 Å². The third kappa shape index (κ3) is 9.44. The Labute approximate surface area is 233 Å². The molecule has 2 aromatic carbocycles. The van der Waals surface area contributed by atoms with Gasteiger partial charge >= 0.3 is 18.0 Å². The van der Waals surface area contributed by atoms with E-state index in [2.05, 4.69) is 43.6 Å². The molecule has 0 saturated heterocycles. The van der Waals surface area contributed by atoms with Gasteiger partial charge in [0, 0.05) is 29.2 Å². The lowest BCUT2D eigenvalue weighted by molar-refractivity contribution is -0.157. The molecule has 0 spiro atoms. The van der Waals surface area contributed by atoms with E-state index in [9.17, 15) is 19.5 Å². The number of carboxylic acid groups (broad SMARTS) is 1. The molecule has 0 saturated carbocycles. The van der Waals surface area contributed by atoms with Crippen LogP contribution >= 0.6 is 15.9 Å². The molecule has 0 fully saturated rings. The Morgan fingerprint density at radius 3 is 2.50 bits per heavy atom. The number of benzene rings is 2. The summed E-state index contributed by atoms with van der Waals surface area (Å²) in [6.45, 7) is 6.46. The molecular formula is C29H38BrN3O5. The number of hydrogen-bond donors (Lipinski definition) is 3. The van der Waals surface area contributed by atoms with Crippen LogP contribution in [0.3, 0.4) is 0 Å². The molecule has 8 nitrogen and oxygen atoms in total. The first-order valence-corrected chi connectivity index (χ1v) is 13.9. The fraction of sp³-hybridized carbons (Fsp3) is 0.483. The number of aryl methyl sites for hydroxylation is 1. The van der Waals surface area contributed by atoms with Crippen molar-refractivity contribution in [1.82, 2.24) is 10.2 Å². The second-order valence-corrected chi connectivity index (χ2v) is 11.5. The average Bonchev–Trinajstić information content (AvgIpc) is 2.85. The number of anilines is 1. The zero-order chi connectivity index (χ0) is 27.7. The number of nitrogens with one attached hydrogen (secondary N) is 2. The smallest absolute Gasteiger partial charge is 0.329 e. The number of esters is 1. The third-order valence-corrected chi connectivity index (χ3v) is 6.95. The number of carbonyl (C=O) groups is 3. The van der Waals surface area contributed by atoms with E-state index < -0.39 is 29.6 Å². The van der Waals surface area contributed by atoms with Crippen molar-refractivity contribution >= 4 is 39.6 Å². The van der Waals surface area contributed by atoms with Gasteiger partial charge in [-0.3, -0.25) is 9.69 Å². The molecule has 9 heteroatoms. The molecular weight excluding hydrogens is 550 g/mol. The maximum Gasteiger partial charge on any atom is 0.329 e. The van der Waals surface area contributed by atoms with Crippen molar-refractivity contribution in [1.29, 1.82) is 0 Å². The maximum absolute atomic E-state index is 13.1. The van der Waals surface area contributed by atoms with Gasteiger partial charge in [-0.1, -0.05) is 40.2 Å². The van der Waals surface area contributed by atoms with Crippen molar-refractivity contribution in [3.05, 3.63) is 64.1 Å². The summed E-state index contributed by atoms with van der Waals surface area (Å²) in [6, 6.07) is 14.3. The van der Waals surface area contributed by atoms with E-state index in [0.717, 1.165) is 23.7 Å². The van der Waals surface area contributed by atoms with Crippen LogP contribution in [-0.4, -0.2) is 52.7 Å². The van der Waals surface area contributed by atoms with Gasteiger partial charge in [-0.15, -0.1) is 0 Å². The van der Waals surface area contributed by atoms with Gasteiger partial charge in [0.2, 0.25) is 0 Å². The van der Waals surface area contributed by atoms with Crippen LogP contribution in [0, 0.1) is 0 Å². The molecule has 2 unspecified atom stereocenters. The molecule has 2 atom stereocenters. The Morgan fingerprint density at radius 1 is 1.11 bits per heavy atom. The molecule has 1 aliphatic carbocycles. The third-order valence-electron chi connectivity index (χ3n) is 6.42. The van der Waals surface area contributed by atoms with E-state index in [0.29, 0.717) is 31.6 Å². The van der Waals surface area contributed by atoms with Crippen LogP contribution in [0.4, 0.5) is 10.5 Å². The number of carbonyl (C=O) groups excluding carboxylic acids is 2. The number of fused-ring (bicyclic) bond motifs is 1. The van der Waals surface area contributed by atoms with Crippen molar-refractivity contribution in [3.63, 3.8) is 0 Å². The summed E-state index contributed by atoms with van der Waals surface area (Å²) in [6.07, 6.45) is 3.93. The molecule has 2 aromatic rings. The first-order chi connectivity index (χ1) is 18.0. The Morgan fingerprint density at radius 2 is 1.82 bits per heavy atom. The Balaban J connectivity index is 1.76. The topological polar surface area (TPSA) is 108 Å². The fourth-order valence-corrected chi connectivity index (χ4v) is 5.00. The number of halogens is 1. The highest BCUT2D eigenvalue weighted by Gasteiger charge is 2.30. The minimum atomic E-state index is -0.870. The molecule has 3 N–H and O–H groups in total. The number of ether oxygens (including phenoxy) is 1. The van der Waals surface area contributed by atoms with Crippen molar-refractivity contribution < 1.29 is 24.2 Å². The summed E-state index contributed by atoms with van der Waals surface area (Å²) in [5.41, 5.74) is 2.46. The highest BCUT2D eigenvalue weighted by Crippen LogP contribution is 2.34. The highest BCUT2D eigenvalue weighted by molar-refractivity contribution is 9.10. The maximum atomic E-state index is 13.1. The fourth-order valence-electron chi connectivity index (χ4n) is 4.74. The summed E-state index contributed by atoms with van der Waals surface area (Å²) in [5, 5.41) is 14.8. The molecule has 0 heterocycles. The average molecular weight is 589 g/mol. The van der Waals surface area contributed by atoms with Crippen LogP contribution in [-0.2, 0) is 20.7 Å².